The topological polar surface area (TPSA) is 40.5 Å². The first-order valence-corrected chi connectivity index (χ1v) is 4.12. The Bertz CT molecular complexity index is 108. The van der Waals surface area contributed by atoms with Crippen LogP contribution in [-0.4, -0.2) is 22.9 Å². The van der Waals surface area contributed by atoms with E-state index in [9.17, 15) is 5.11 Å². The number of aliphatic hydroxyl groups excluding tert-OH is 2. The molecule has 2 N–H and O–H groups in total. The molecule has 0 aromatic carbocycles. The first-order chi connectivity index (χ1) is 5.16. The fourth-order valence-electron chi connectivity index (χ4n) is 0.818. The molecule has 0 saturated carbocycles. The van der Waals surface area contributed by atoms with E-state index in [1.165, 1.54) is 0 Å². The van der Waals surface area contributed by atoms with Crippen LogP contribution in [0.2, 0.25) is 0 Å². The van der Waals surface area contributed by atoms with Crippen molar-refractivity contribution in [2.45, 2.75) is 32.8 Å². The fourth-order valence-corrected chi connectivity index (χ4v) is 0.818. The molecule has 0 heterocycles. The molecule has 1 atom stereocenters. The van der Waals surface area contributed by atoms with E-state index in [2.05, 4.69) is 13.8 Å². The van der Waals surface area contributed by atoms with Gasteiger partial charge in [0.05, 0.1) is 12.7 Å². The molecular formula is C9H18O2. The van der Waals surface area contributed by atoms with E-state index in [1.54, 1.807) is 12.2 Å². The maximum Gasteiger partial charge on any atom is 0.0721 e. The van der Waals surface area contributed by atoms with Crippen LogP contribution < -0.4 is 0 Å². The average molecular weight is 158 g/mol. The van der Waals surface area contributed by atoms with Crippen molar-refractivity contribution in [1.29, 1.82) is 0 Å². The van der Waals surface area contributed by atoms with Gasteiger partial charge in [-0.1, -0.05) is 26.0 Å². The Morgan fingerprint density at radius 1 is 1.27 bits per heavy atom. The van der Waals surface area contributed by atoms with E-state index in [0.29, 0.717) is 5.92 Å². The molecule has 2 heteroatoms. The minimum absolute atomic E-state index is 0.0126. The lowest BCUT2D eigenvalue weighted by atomic mass is 10.0. The highest BCUT2D eigenvalue weighted by molar-refractivity contribution is 4.87. The predicted octanol–water partition coefficient (Wildman–Crippen LogP) is 1.33. The lowest BCUT2D eigenvalue weighted by molar-refractivity contribution is 0.202. The Morgan fingerprint density at radius 3 is 2.36 bits per heavy atom. The second kappa shape index (κ2) is 6.38. The van der Waals surface area contributed by atoms with Crippen LogP contribution in [0.4, 0.5) is 0 Å². The molecule has 11 heavy (non-hydrogen) atoms. The first-order valence-electron chi connectivity index (χ1n) is 4.12. The van der Waals surface area contributed by atoms with Gasteiger partial charge in [0, 0.05) is 0 Å². The van der Waals surface area contributed by atoms with Gasteiger partial charge in [-0.2, -0.15) is 0 Å². The van der Waals surface area contributed by atoms with Gasteiger partial charge in [-0.15, -0.1) is 0 Å². The van der Waals surface area contributed by atoms with Crippen molar-refractivity contribution >= 4 is 0 Å². The normalized spacial score (nSPS) is 14.6. The van der Waals surface area contributed by atoms with Crippen molar-refractivity contribution in [1.82, 2.24) is 0 Å². The van der Waals surface area contributed by atoms with Gasteiger partial charge in [-0.25, -0.2) is 0 Å². The molecule has 2 nitrogen and oxygen atoms in total. The van der Waals surface area contributed by atoms with Gasteiger partial charge in [0.25, 0.3) is 0 Å². The molecule has 0 aromatic heterocycles. The minimum Gasteiger partial charge on any atom is -0.392 e. The molecule has 0 bridgehead atoms. The van der Waals surface area contributed by atoms with Crippen LogP contribution >= 0.6 is 0 Å². The van der Waals surface area contributed by atoms with E-state index in [0.717, 1.165) is 12.8 Å². The fraction of sp³-hybridized carbons (Fsp3) is 0.778. The zero-order valence-corrected chi connectivity index (χ0v) is 7.33. The zero-order chi connectivity index (χ0) is 8.69. The standard InChI is InChI=1S/C9H18O2/c1-8(2)5-6-9(11)4-3-7-10/h3-4,8-11H,5-7H2,1-2H3. The van der Waals surface area contributed by atoms with Gasteiger partial charge >= 0.3 is 0 Å². The SMILES string of the molecule is CC(C)CCC(O)C=CCO. The second-order valence-corrected chi connectivity index (χ2v) is 3.15. The zero-order valence-electron chi connectivity index (χ0n) is 7.33. The maximum absolute atomic E-state index is 9.23. The molecule has 66 valence electrons. The molecule has 0 amide bonds. The van der Waals surface area contributed by atoms with Crippen LogP contribution in [0.15, 0.2) is 12.2 Å². The molecule has 0 aliphatic heterocycles. The summed E-state index contributed by atoms with van der Waals surface area (Å²) in [4.78, 5) is 0. The highest BCUT2D eigenvalue weighted by Gasteiger charge is 2.00. The molecule has 0 saturated heterocycles. The van der Waals surface area contributed by atoms with Crippen LogP contribution in [0.3, 0.4) is 0 Å². The van der Waals surface area contributed by atoms with Crippen LogP contribution in [0.25, 0.3) is 0 Å². The molecular weight excluding hydrogens is 140 g/mol. The van der Waals surface area contributed by atoms with E-state index in [-0.39, 0.29) is 12.7 Å². The quantitative estimate of drug-likeness (QED) is 0.593. The summed E-state index contributed by atoms with van der Waals surface area (Å²) >= 11 is 0. The lowest BCUT2D eigenvalue weighted by Gasteiger charge is -2.06. The van der Waals surface area contributed by atoms with Crippen molar-refractivity contribution in [3.8, 4) is 0 Å². The third-order valence-electron chi connectivity index (χ3n) is 1.50. The van der Waals surface area contributed by atoms with E-state index >= 15 is 0 Å². The van der Waals surface area contributed by atoms with Gasteiger partial charge in [-0.3, -0.25) is 0 Å². The summed E-state index contributed by atoms with van der Waals surface area (Å²) in [6.07, 6.45) is 4.64. The summed E-state index contributed by atoms with van der Waals surface area (Å²) in [6.45, 7) is 4.27. The van der Waals surface area contributed by atoms with Crippen molar-refractivity contribution in [3.63, 3.8) is 0 Å². The van der Waals surface area contributed by atoms with Crippen molar-refractivity contribution in [3.05, 3.63) is 12.2 Å². The van der Waals surface area contributed by atoms with E-state index < -0.39 is 0 Å². The number of hydrogen-bond acceptors (Lipinski definition) is 2. The Labute approximate surface area is 68.6 Å². The highest BCUT2D eigenvalue weighted by atomic mass is 16.3. The average Bonchev–Trinajstić information content (AvgIpc) is 1.97. The first kappa shape index (κ1) is 10.7. The number of rotatable bonds is 5. The highest BCUT2D eigenvalue weighted by Crippen LogP contribution is 2.06. The van der Waals surface area contributed by atoms with Crippen molar-refractivity contribution in [2.75, 3.05) is 6.61 Å². The van der Waals surface area contributed by atoms with Crippen LogP contribution in [0.1, 0.15) is 26.7 Å². The van der Waals surface area contributed by atoms with E-state index in [1.807, 2.05) is 0 Å². The summed E-state index contributed by atoms with van der Waals surface area (Å²) in [5, 5.41) is 17.6. The maximum atomic E-state index is 9.23. The minimum atomic E-state index is -0.385. The molecule has 0 rings (SSSR count). The Balaban J connectivity index is 3.36. The molecule has 0 radical (unpaired) electrons. The second-order valence-electron chi connectivity index (χ2n) is 3.15. The summed E-state index contributed by atoms with van der Waals surface area (Å²) in [7, 11) is 0. The molecule has 0 spiro atoms. The van der Waals surface area contributed by atoms with Gasteiger partial charge < -0.3 is 10.2 Å². The smallest absolute Gasteiger partial charge is 0.0721 e. The third kappa shape index (κ3) is 7.56. The summed E-state index contributed by atoms with van der Waals surface area (Å²) in [6, 6.07) is 0. The summed E-state index contributed by atoms with van der Waals surface area (Å²) in [5.41, 5.74) is 0. The Kier molecular flexibility index (Phi) is 6.18. The molecule has 0 aromatic rings. The van der Waals surface area contributed by atoms with Gasteiger partial charge in [0.2, 0.25) is 0 Å². The summed E-state index contributed by atoms with van der Waals surface area (Å²) in [5.74, 6) is 0.632. The van der Waals surface area contributed by atoms with Gasteiger partial charge in [0.15, 0.2) is 0 Å². The van der Waals surface area contributed by atoms with Crippen LogP contribution in [-0.2, 0) is 0 Å². The molecule has 0 aliphatic carbocycles. The predicted molar refractivity (Wildman–Crippen MR) is 46.3 cm³/mol. The Hall–Kier alpha value is -0.340. The lowest BCUT2D eigenvalue weighted by Crippen LogP contribution is -2.03. The largest absolute Gasteiger partial charge is 0.392 e. The Morgan fingerprint density at radius 2 is 1.91 bits per heavy atom. The van der Waals surface area contributed by atoms with Gasteiger partial charge in [0.1, 0.15) is 0 Å². The molecule has 0 aliphatic rings. The monoisotopic (exact) mass is 158 g/mol. The molecule has 0 fully saturated rings. The summed E-state index contributed by atoms with van der Waals surface area (Å²) < 4.78 is 0. The van der Waals surface area contributed by atoms with E-state index in [4.69, 9.17) is 5.11 Å². The number of aliphatic hydroxyl groups is 2. The van der Waals surface area contributed by atoms with Crippen molar-refractivity contribution < 1.29 is 10.2 Å². The van der Waals surface area contributed by atoms with Crippen LogP contribution in [0, 0.1) is 5.92 Å². The molecule has 1 unspecified atom stereocenters. The van der Waals surface area contributed by atoms with Crippen LogP contribution in [0.5, 0.6) is 0 Å². The van der Waals surface area contributed by atoms with Crippen molar-refractivity contribution in [2.24, 2.45) is 5.92 Å². The third-order valence-corrected chi connectivity index (χ3v) is 1.50. The van der Waals surface area contributed by atoms with Gasteiger partial charge in [-0.05, 0) is 18.8 Å². The number of hydrogen-bond donors (Lipinski definition) is 2.